The number of ether oxygens (including phenoxy) is 4. The van der Waals surface area contributed by atoms with Gasteiger partial charge in [0.25, 0.3) is 11.5 Å². The minimum Gasteiger partial charge on any atom is -0.493 e. The van der Waals surface area contributed by atoms with Gasteiger partial charge in [0.15, 0.2) is 23.0 Å². The van der Waals surface area contributed by atoms with Crippen molar-refractivity contribution < 1.29 is 23.7 Å². The van der Waals surface area contributed by atoms with Gasteiger partial charge in [-0.3, -0.25) is 14.2 Å². The minimum atomic E-state index is -0.931. The topological polar surface area (TPSA) is 138 Å². The van der Waals surface area contributed by atoms with Crippen LogP contribution in [0.4, 0.5) is 5.69 Å². The average molecular weight is 631 g/mol. The van der Waals surface area contributed by atoms with Gasteiger partial charge in [0.2, 0.25) is 0 Å². The van der Waals surface area contributed by atoms with Crippen LogP contribution in [0.25, 0.3) is 17.5 Å². The molecule has 44 heavy (non-hydrogen) atoms. The van der Waals surface area contributed by atoms with E-state index in [4.69, 9.17) is 36.3 Å². The van der Waals surface area contributed by atoms with Gasteiger partial charge in [-0.15, -0.1) is 11.3 Å². The number of hydrogen-bond donors (Lipinski definition) is 2. The third-order valence-electron chi connectivity index (χ3n) is 7.06. The van der Waals surface area contributed by atoms with Gasteiger partial charge in [-0.25, -0.2) is 0 Å². The first-order chi connectivity index (χ1) is 21.2. The normalized spacial score (nSPS) is 14.5. The zero-order valence-electron chi connectivity index (χ0n) is 24.1. The Morgan fingerprint density at radius 2 is 1.57 bits per heavy atom. The molecule has 1 amide bonds. The predicted molar refractivity (Wildman–Crippen MR) is 170 cm³/mol. The number of aromatic nitrogens is 1. The summed E-state index contributed by atoms with van der Waals surface area (Å²) < 4.78 is 23.4. The fourth-order valence-electron chi connectivity index (χ4n) is 4.96. The molecule has 0 fully saturated rings. The summed E-state index contributed by atoms with van der Waals surface area (Å²) in [5.41, 5.74) is 7.92. The number of nitriles is 1. The third-order valence-corrected chi connectivity index (χ3v) is 8.42. The van der Waals surface area contributed by atoms with Crippen molar-refractivity contribution in [2.75, 3.05) is 33.8 Å². The maximum atomic E-state index is 14.1. The Bertz CT molecular complexity index is 2030. The standard InChI is InChI=1S/C32H27ClN4O6S/c1-40-22-11-5-17(13-24(22)42-3)14-26-31(39)37-29(35)21(16-34)27(18-6-12-23(41-2)25(15-18)43-4)28(32(37)44-26)30(38)36-20-9-7-19(33)8-10-20/h5-15,27H,35H2,1-4H3,(H,36,38)/b26-14-. The number of amides is 1. The zero-order chi connectivity index (χ0) is 31.5. The van der Waals surface area contributed by atoms with Gasteiger partial charge in [0.1, 0.15) is 10.5 Å². The summed E-state index contributed by atoms with van der Waals surface area (Å²) in [6, 6.07) is 19.1. The van der Waals surface area contributed by atoms with E-state index in [1.165, 1.54) is 33.0 Å². The summed E-state index contributed by atoms with van der Waals surface area (Å²) in [5.74, 6) is 0.351. The highest BCUT2D eigenvalue weighted by Crippen LogP contribution is 2.40. The summed E-state index contributed by atoms with van der Waals surface area (Å²) in [6.07, 6.45) is 1.67. The lowest BCUT2D eigenvalue weighted by Crippen LogP contribution is -2.40. The minimum absolute atomic E-state index is 0.0311. The molecule has 224 valence electrons. The molecule has 1 aliphatic rings. The van der Waals surface area contributed by atoms with Crippen LogP contribution in [0.3, 0.4) is 0 Å². The summed E-state index contributed by atoms with van der Waals surface area (Å²) in [4.78, 5) is 27.9. The molecule has 0 aliphatic carbocycles. The van der Waals surface area contributed by atoms with Gasteiger partial charge in [-0.05, 0) is 65.7 Å². The van der Waals surface area contributed by atoms with Crippen molar-refractivity contribution in [1.82, 2.24) is 4.57 Å². The number of anilines is 1. The van der Waals surface area contributed by atoms with Crippen molar-refractivity contribution in [2.45, 2.75) is 5.92 Å². The second kappa shape index (κ2) is 12.6. The number of fused-ring (bicyclic) bond motifs is 1. The van der Waals surface area contributed by atoms with Crippen LogP contribution in [0.2, 0.25) is 5.02 Å². The summed E-state index contributed by atoms with van der Waals surface area (Å²) >= 11 is 7.13. The molecule has 5 rings (SSSR count). The first-order valence-corrected chi connectivity index (χ1v) is 14.3. The number of nitrogens with zero attached hydrogens (tertiary/aromatic N) is 2. The third kappa shape index (κ3) is 5.48. The highest BCUT2D eigenvalue weighted by Gasteiger charge is 2.36. The molecule has 1 aliphatic heterocycles. The largest absolute Gasteiger partial charge is 0.493 e. The Kier molecular flexibility index (Phi) is 8.66. The van der Waals surface area contributed by atoms with Crippen LogP contribution in [0.1, 0.15) is 17.0 Å². The Morgan fingerprint density at radius 3 is 2.18 bits per heavy atom. The van der Waals surface area contributed by atoms with Gasteiger partial charge in [0.05, 0.1) is 56.1 Å². The number of allylic oxidation sites excluding steroid dienone is 1. The number of benzene rings is 3. The molecule has 1 atom stereocenters. The molecule has 4 aromatic rings. The van der Waals surface area contributed by atoms with Crippen LogP contribution >= 0.6 is 22.9 Å². The number of thiazole rings is 1. The van der Waals surface area contributed by atoms with E-state index in [1.54, 1.807) is 66.7 Å². The molecular weight excluding hydrogens is 604 g/mol. The monoisotopic (exact) mass is 630 g/mol. The lowest BCUT2D eigenvalue weighted by atomic mass is 9.83. The van der Waals surface area contributed by atoms with E-state index < -0.39 is 17.4 Å². The van der Waals surface area contributed by atoms with Crippen molar-refractivity contribution in [1.29, 1.82) is 5.26 Å². The number of carbonyl (C=O) groups excluding carboxylic acids is 1. The zero-order valence-corrected chi connectivity index (χ0v) is 25.7. The van der Waals surface area contributed by atoms with Gasteiger partial charge in [0, 0.05) is 10.7 Å². The quantitative estimate of drug-likeness (QED) is 0.301. The molecule has 0 saturated heterocycles. The molecule has 3 aromatic carbocycles. The van der Waals surface area contributed by atoms with Crippen LogP contribution in [-0.4, -0.2) is 38.9 Å². The van der Waals surface area contributed by atoms with E-state index in [0.29, 0.717) is 44.8 Å². The van der Waals surface area contributed by atoms with Gasteiger partial charge in [-0.1, -0.05) is 23.7 Å². The molecule has 1 unspecified atom stereocenters. The van der Waals surface area contributed by atoms with Gasteiger partial charge < -0.3 is 30.0 Å². The first kappa shape index (κ1) is 30.3. The number of carbonyl (C=O) groups is 1. The molecule has 0 bridgehead atoms. The SMILES string of the molecule is COc1ccc(/C=c2\sc3n(c2=O)C(N)=C(C#N)C(c2ccc(OC)c(OC)c2)C=3C(=O)Nc2ccc(Cl)cc2)cc1OC. The smallest absolute Gasteiger partial charge is 0.274 e. The van der Waals surface area contributed by atoms with Crippen LogP contribution in [0.5, 0.6) is 23.0 Å². The molecule has 12 heteroatoms. The van der Waals surface area contributed by atoms with E-state index in [-0.39, 0.29) is 26.2 Å². The second-order valence-electron chi connectivity index (χ2n) is 9.50. The average Bonchev–Trinajstić information content (AvgIpc) is 3.36. The lowest BCUT2D eigenvalue weighted by molar-refractivity contribution is -0.111. The van der Waals surface area contributed by atoms with Crippen LogP contribution in [0, 0.1) is 11.3 Å². The molecule has 1 aromatic heterocycles. The van der Waals surface area contributed by atoms with E-state index in [2.05, 4.69) is 11.4 Å². The van der Waals surface area contributed by atoms with Crippen molar-refractivity contribution in [3.05, 3.63) is 102 Å². The molecule has 10 nitrogen and oxygen atoms in total. The van der Waals surface area contributed by atoms with Gasteiger partial charge >= 0.3 is 0 Å². The maximum Gasteiger partial charge on any atom is 0.274 e. The molecule has 2 heterocycles. The van der Waals surface area contributed by atoms with Crippen molar-refractivity contribution in [3.63, 3.8) is 0 Å². The lowest BCUT2D eigenvalue weighted by Gasteiger charge is -2.26. The Hall–Kier alpha value is -5.18. The predicted octanol–water partition coefficient (Wildman–Crippen LogP) is 3.66. The van der Waals surface area contributed by atoms with E-state index in [9.17, 15) is 14.9 Å². The molecule has 0 spiro atoms. The van der Waals surface area contributed by atoms with E-state index in [0.717, 1.165) is 11.3 Å². The Labute approximate surface area is 261 Å². The maximum absolute atomic E-state index is 14.1. The number of nitrogens with one attached hydrogen (secondary N) is 1. The molecule has 0 saturated carbocycles. The fraction of sp³-hybridized carbons (Fsp3) is 0.156. The number of hydrogen-bond acceptors (Lipinski definition) is 9. The van der Waals surface area contributed by atoms with Crippen molar-refractivity contribution >= 4 is 52.0 Å². The Morgan fingerprint density at radius 1 is 0.955 bits per heavy atom. The summed E-state index contributed by atoms with van der Waals surface area (Å²) in [6.45, 7) is 0. The van der Waals surface area contributed by atoms with E-state index in [1.807, 2.05) is 0 Å². The first-order valence-electron chi connectivity index (χ1n) is 13.1. The summed E-state index contributed by atoms with van der Waals surface area (Å²) in [5, 5.41) is 13.7. The fourth-order valence-corrected chi connectivity index (χ4v) is 6.26. The summed E-state index contributed by atoms with van der Waals surface area (Å²) in [7, 11) is 6.05. The number of nitrogens with two attached hydrogens (primary N) is 1. The van der Waals surface area contributed by atoms with Crippen LogP contribution in [0.15, 0.2) is 71.0 Å². The number of rotatable bonds is 8. The highest BCUT2D eigenvalue weighted by molar-refractivity contribution is 7.07. The van der Waals surface area contributed by atoms with Gasteiger partial charge in [-0.2, -0.15) is 5.26 Å². The van der Waals surface area contributed by atoms with Crippen molar-refractivity contribution in [2.24, 2.45) is 5.73 Å². The van der Waals surface area contributed by atoms with Crippen LogP contribution in [-0.2, 0) is 4.79 Å². The van der Waals surface area contributed by atoms with Crippen molar-refractivity contribution in [3.8, 4) is 29.1 Å². The van der Waals surface area contributed by atoms with Crippen LogP contribution < -0.4 is 44.8 Å². The number of halogens is 1. The highest BCUT2D eigenvalue weighted by atomic mass is 35.5. The number of methoxy groups -OCH3 is 4. The Balaban J connectivity index is 1.80. The molecular formula is C32H27ClN4O6S. The van der Waals surface area contributed by atoms with E-state index >= 15 is 0 Å². The molecule has 0 radical (unpaired) electrons. The second-order valence-corrected chi connectivity index (χ2v) is 11.0. The molecule has 3 N–H and O–H groups in total.